The van der Waals surface area contributed by atoms with Crippen molar-refractivity contribution in [1.82, 2.24) is 15.4 Å². The molecule has 0 fully saturated rings. The molecule has 2 N–H and O–H groups in total. The molecule has 152 valence electrons. The summed E-state index contributed by atoms with van der Waals surface area (Å²) in [5.41, 5.74) is 6.19. The summed E-state index contributed by atoms with van der Waals surface area (Å²) >= 11 is 0. The van der Waals surface area contributed by atoms with E-state index in [2.05, 4.69) is 20.5 Å². The Hall–Kier alpha value is -4.39. The maximum absolute atomic E-state index is 12.7. The lowest BCUT2D eigenvalue weighted by atomic mass is 10.2. The Morgan fingerprint density at radius 3 is 2.68 bits per heavy atom. The van der Waals surface area contributed by atoms with Gasteiger partial charge in [-0.1, -0.05) is 42.5 Å². The molecule has 0 unspecified atom stereocenters. The highest BCUT2D eigenvalue weighted by Crippen LogP contribution is 2.22. The van der Waals surface area contributed by atoms with E-state index in [1.807, 2.05) is 54.6 Å². The SMILES string of the molecule is COc1ccccc1C(=O)N/N=c1/oc2ccccc2cc1-c1nc2ccccc2[nH]1. The number of carbonyl (C=O) groups excluding carboxylic acids is 1. The van der Waals surface area contributed by atoms with Crippen LogP contribution in [0, 0.1) is 0 Å². The maximum atomic E-state index is 12.7. The summed E-state index contributed by atoms with van der Waals surface area (Å²) in [5.74, 6) is 0.653. The molecule has 5 aromatic rings. The summed E-state index contributed by atoms with van der Waals surface area (Å²) in [6, 6.07) is 24.2. The monoisotopic (exact) mass is 410 g/mol. The van der Waals surface area contributed by atoms with Gasteiger partial charge < -0.3 is 14.1 Å². The van der Waals surface area contributed by atoms with Crippen molar-refractivity contribution in [3.8, 4) is 17.1 Å². The van der Waals surface area contributed by atoms with Gasteiger partial charge in [0.25, 0.3) is 5.91 Å². The third-order valence-electron chi connectivity index (χ3n) is 4.91. The molecule has 0 aliphatic rings. The van der Waals surface area contributed by atoms with E-state index >= 15 is 0 Å². The summed E-state index contributed by atoms with van der Waals surface area (Å²) in [4.78, 5) is 20.6. The summed E-state index contributed by atoms with van der Waals surface area (Å²) in [7, 11) is 1.52. The van der Waals surface area contributed by atoms with E-state index in [9.17, 15) is 4.79 Å². The van der Waals surface area contributed by atoms with Gasteiger partial charge in [0.1, 0.15) is 17.2 Å². The first-order valence-corrected chi connectivity index (χ1v) is 9.68. The first kappa shape index (κ1) is 18.6. The summed E-state index contributed by atoms with van der Waals surface area (Å²) in [6.45, 7) is 0. The van der Waals surface area contributed by atoms with Crippen molar-refractivity contribution in [2.24, 2.45) is 5.10 Å². The highest BCUT2D eigenvalue weighted by Gasteiger charge is 2.13. The zero-order chi connectivity index (χ0) is 21.2. The fourth-order valence-corrected chi connectivity index (χ4v) is 3.40. The Bertz CT molecular complexity index is 1450. The van der Waals surface area contributed by atoms with Crippen molar-refractivity contribution in [1.29, 1.82) is 0 Å². The zero-order valence-electron chi connectivity index (χ0n) is 16.6. The maximum Gasteiger partial charge on any atom is 0.275 e. The largest absolute Gasteiger partial charge is 0.496 e. The predicted octanol–water partition coefficient (Wildman–Crippen LogP) is 4.23. The molecule has 0 aliphatic carbocycles. The van der Waals surface area contributed by atoms with E-state index in [1.54, 1.807) is 24.3 Å². The Morgan fingerprint density at radius 2 is 1.81 bits per heavy atom. The van der Waals surface area contributed by atoms with Gasteiger partial charge in [0.15, 0.2) is 0 Å². The molecule has 7 heteroatoms. The van der Waals surface area contributed by atoms with E-state index in [0.717, 1.165) is 16.4 Å². The van der Waals surface area contributed by atoms with Gasteiger partial charge in [-0.25, -0.2) is 10.4 Å². The van der Waals surface area contributed by atoms with E-state index in [-0.39, 0.29) is 5.55 Å². The number of fused-ring (bicyclic) bond motifs is 2. The molecule has 0 spiro atoms. The predicted molar refractivity (Wildman–Crippen MR) is 117 cm³/mol. The average Bonchev–Trinajstić information content (AvgIpc) is 3.26. The van der Waals surface area contributed by atoms with Crippen LogP contribution in [0.15, 0.2) is 88.4 Å². The highest BCUT2D eigenvalue weighted by atomic mass is 16.5. The van der Waals surface area contributed by atoms with Crippen LogP contribution in [0.5, 0.6) is 5.75 Å². The van der Waals surface area contributed by atoms with Crippen molar-refractivity contribution in [3.05, 3.63) is 90.0 Å². The lowest BCUT2D eigenvalue weighted by Crippen LogP contribution is -2.22. The molecule has 0 bridgehead atoms. The normalized spacial score (nSPS) is 11.7. The number of hydrogen-bond donors (Lipinski definition) is 2. The molecule has 0 saturated carbocycles. The lowest BCUT2D eigenvalue weighted by Gasteiger charge is -2.06. The molecule has 5 rings (SSSR count). The molecule has 3 aromatic carbocycles. The van der Waals surface area contributed by atoms with Crippen LogP contribution in [0.3, 0.4) is 0 Å². The number of rotatable bonds is 4. The van der Waals surface area contributed by atoms with Crippen LogP contribution in [0.4, 0.5) is 0 Å². The molecule has 7 nitrogen and oxygen atoms in total. The number of para-hydroxylation sites is 4. The molecule has 0 saturated heterocycles. The average molecular weight is 410 g/mol. The van der Waals surface area contributed by atoms with Gasteiger partial charge in [-0.15, -0.1) is 5.10 Å². The molecular weight excluding hydrogens is 392 g/mol. The van der Waals surface area contributed by atoms with Gasteiger partial charge >= 0.3 is 0 Å². The topological polar surface area (TPSA) is 92.5 Å². The van der Waals surface area contributed by atoms with Gasteiger partial charge in [-0.3, -0.25) is 4.79 Å². The number of aromatic nitrogens is 2. The molecule has 1 amide bonds. The van der Waals surface area contributed by atoms with Gasteiger partial charge in [-0.2, -0.15) is 0 Å². The smallest absolute Gasteiger partial charge is 0.275 e. The van der Waals surface area contributed by atoms with E-state index in [4.69, 9.17) is 9.15 Å². The van der Waals surface area contributed by atoms with Crippen molar-refractivity contribution in [2.45, 2.75) is 0 Å². The number of benzene rings is 3. The van der Waals surface area contributed by atoms with Crippen LogP contribution in [-0.4, -0.2) is 23.0 Å². The minimum absolute atomic E-state index is 0.237. The van der Waals surface area contributed by atoms with Crippen LogP contribution >= 0.6 is 0 Å². The number of H-pyrrole nitrogens is 1. The van der Waals surface area contributed by atoms with Gasteiger partial charge in [-0.05, 0) is 36.4 Å². The molecule has 31 heavy (non-hydrogen) atoms. The second-order valence-electron chi connectivity index (χ2n) is 6.86. The number of methoxy groups -OCH3 is 1. The third-order valence-corrected chi connectivity index (χ3v) is 4.91. The number of aromatic amines is 1. The number of amides is 1. The van der Waals surface area contributed by atoms with Gasteiger partial charge in [0, 0.05) is 5.39 Å². The number of carbonyl (C=O) groups is 1. The highest BCUT2D eigenvalue weighted by molar-refractivity contribution is 5.96. The fourth-order valence-electron chi connectivity index (χ4n) is 3.40. The first-order chi connectivity index (χ1) is 15.2. The Kier molecular flexibility index (Phi) is 4.68. The lowest BCUT2D eigenvalue weighted by molar-refractivity contribution is 0.0948. The second kappa shape index (κ2) is 7.79. The Morgan fingerprint density at radius 1 is 1.03 bits per heavy atom. The van der Waals surface area contributed by atoms with Gasteiger partial charge in [0.05, 0.1) is 29.3 Å². The van der Waals surface area contributed by atoms with Crippen molar-refractivity contribution < 1.29 is 13.9 Å². The van der Waals surface area contributed by atoms with E-state index in [0.29, 0.717) is 28.3 Å². The number of imidazole rings is 1. The van der Waals surface area contributed by atoms with Crippen LogP contribution in [0.2, 0.25) is 0 Å². The number of ether oxygens (including phenoxy) is 1. The number of hydrogen-bond acceptors (Lipinski definition) is 5. The second-order valence-corrected chi connectivity index (χ2v) is 6.86. The number of nitrogens with zero attached hydrogens (tertiary/aromatic N) is 2. The van der Waals surface area contributed by atoms with Crippen LogP contribution in [0.25, 0.3) is 33.4 Å². The quantitative estimate of drug-likeness (QED) is 0.434. The summed E-state index contributed by atoms with van der Waals surface area (Å²) in [6.07, 6.45) is 0. The zero-order valence-corrected chi connectivity index (χ0v) is 16.6. The van der Waals surface area contributed by atoms with Crippen LogP contribution < -0.4 is 15.7 Å². The summed E-state index contributed by atoms with van der Waals surface area (Å²) < 4.78 is 11.3. The molecule has 2 heterocycles. The van der Waals surface area contributed by atoms with E-state index < -0.39 is 5.91 Å². The van der Waals surface area contributed by atoms with Crippen LogP contribution in [-0.2, 0) is 0 Å². The van der Waals surface area contributed by atoms with Crippen LogP contribution in [0.1, 0.15) is 10.4 Å². The Balaban J connectivity index is 1.63. The summed E-state index contributed by atoms with van der Waals surface area (Å²) in [5, 5.41) is 5.17. The van der Waals surface area contributed by atoms with Crippen molar-refractivity contribution >= 4 is 27.9 Å². The van der Waals surface area contributed by atoms with Crippen molar-refractivity contribution in [3.63, 3.8) is 0 Å². The molecular formula is C24H18N4O3. The van der Waals surface area contributed by atoms with Crippen molar-refractivity contribution in [2.75, 3.05) is 7.11 Å². The van der Waals surface area contributed by atoms with E-state index in [1.165, 1.54) is 7.11 Å². The molecule has 0 atom stereocenters. The molecule has 0 radical (unpaired) electrons. The number of nitrogens with one attached hydrogen (secondary N) is 2. The minimum atomic E-state index is -0.406. The molecule has 0 aliphatic heterocycles. The minimum Gasteiger partial charge on any atom is -0.496 e. The third kappa shape index (κ3) is 3.53. The first-order valence-electron chi connectivity index (χ1n) is 9.68. The standard InChI is InChI=1S/C24H18N4O3/c1-30-21-13-7-3-9-16(21)23(29)27-28-24-17(14-15-8-2-6-12-20(15)31-24)22-25-18-10-4-5-11-19(18)26-22/h2-14H,1H3,(H,25,26)(H,27,29)/b28-24+. The molecule has 2 aromatic heterocycles. The Labute approximate surface area is 177 Å². The van der Waals surface area contributed by atoms with Gasteiger partial charge in [0.2, 0.25) is 5.55 Å². The fraction of sp³-hybridized carbons (Fsp3) is 0.0417.